The molecule has 15 heavy (non-hydrogen) atoms. The van der Waals surface area contributed by atoms with Crippen LogP contribution in [0.4, 0.5) is 0 Å². The predicted octanol–water partition coefficient (Wildman–Crippen LogP) is 2.50. The van der Waals surface area contributed by atoms with Gasteiger partial charge >= 0.3 is 0 Å². The van der Waals surface area contributed by atoms with Crippen molar-refractivity contribution in [2.75, 3.05) is 19.8 Å². The Kier molecular flexibility index (Phi) is 4.21. The molecule has 86 valence electrons. The van der Waals surface area contributed by atoms with E-state index in [0.29, 0.717) is 12.0 Å². The molecule has 0 radical (unpaired) electrons. The van der Waals surface area contributed by atoms with Crippen LogP contribution in [0.15, 0.2) is 11.6 Å². The van der Waals surface area contributed by atoms with E-state index in [4.69, 9.17) is 4.74 Å². The zero-order valence-corrected chi connectivity index (χ0v) is 9.80. The molecule has 2 heteroatoms. The molecule has 0 aromatic heterocycles. The second-order valence-corrected chi connectivity index (χ2v) is 4.68. The van der Waals surface area contributed by atoms with Crippen molar-refractivity contribution < 1.29 is 4.74 Å². The lowest BCUT2D eigenvalue weighted by Crippen LogP contribution is -2.38. The van der Waals surface area contributed by atoms with E-state index < -0.39 is 0 Å². The van der Waals surface area contributed by atoms with E-state index >= 15 is 0 Å². The molecule has 1 heterocycles. The fourth-order valence-electron chi connectivity index (χ4n) is 2.78. The zero-order valence-electron chi connectivity index (χ0n) is 9.80. The van der Waals surface area contributed by atoms with Gasteiger partial charge in [-0.1, -0.05) is 18.6 Å². The summed E-state index contributed by atoms with van der Waals surface area (Å²) in [7, 11) is 0. The van der Waals surface area contributed by atoms with Gasteiger partial charge in [0.25, 0.3) is 0 Å². The van der Waals surface area contributed by atoms with Gasteiger partial charge in [-0.3, -0.25) is 0 Å². The molecule has 0 aromatic rings. The van der Waals surface area contributed by atoms with Crippen molar-refractivity contribution in [1.29, 1.82) is 0 Å². The highest BCUT2D eigenvalue weighted by Crippen LogP contribution is 2.28. The monoisotopic (exact) mass is 209 g/mol. The van der Waals surface area contributed by atoms with E-state index in [1.54, 1.807) is 5.57 Å². The maximum atomic E-state index is 5.51. The second-order valence-electron chi connectivity index (χ2n) is 4.68. The van der Waals surface area contributed by atoms with Gasteiger partial charge in [-0.25, -0.2) is 0 Å². The largest absolute Gasteiger partial charge is 0.381 e. The summed E-state index contributed by atoms with van der Waals surface area (Å²) in [5.41, 5.74) is 1.65. The lowest BCUT2D eigenvalue weighted by molar-refractivity contribution is 0.179. The summed E-state index contributed by atoms with van der Waals surface area (Å²) in [6.45, 7) is 5.18. The SMILES string of the molecule is CCNC(C1=CCCCC1)C1CCOC1. The average Bonchev–Trinajstić information content (AvgIpc) is 2.80. The van der Waals surface area contributed by atoms with Gasteiger partial charge in [0.2, 0.25) is 0 Å². The molecule has 2 rings (SSSR count). The van der Waals surface area contributed by atoms with E-state index in [1.165, 1.54) is 32.1 Å². The molecule has 1 N–H and O–H groups in total. The second kappa shape index (κ2) is 5.66. The Morgan fingerprint density at radius 2 is 2.47 bits per heavy atom. The molecule has 2 atom stereocenters. The number of rotatable bonds is 4. The summed E-state index contributed by atoms with van der Waals surface area (Å²) >= 11 is 0. The summed E-state index contributed by atoms with van der Waals surface area (Å²) < 4.78 is 5.51. The molecule has 2 aliphatic rings. The minimum Gasteiger partial charge on any atom is -0.381 e. The van der Waals surface area contributed by atoms with Crippen LogP contribution >= 0.6 is 0 Å². The third kappa shape index (κ3) is 2.82. The van der Waals surface area contributed by atoms with Crippen LogP contribution < -0.4 is 5.32 Å². The molecular weight excluding hydrogens is 186 g/mol. The van der Waals surface area contributed by atoms with Crippen LogP contribution in [0.1, 0.15) is 39.0 Å². The number of allylic oxidation sites excluding steroid dienone is 1. The number of likely N-dealkylation sites (N-methyl/N-ethyl adjacent to an activating group) is 1. The van der Waals surface area contributed by atoms with Crippen LogP contribution in [0, 0.1) is 5.92 Å². The number of nitrogens with one attached hydrogen (secondary N) is 1. The third-order valence-electron chi connectivity index (χ3n) is 3.59. The Bertz CT molecular complexity index is 219. The topological polar surface area (TPSA) is 21.3 Å². The Hall–Kier alpha value is -0.340. The van der Waals surface area contributed by atoms with E-state index in [9.17, 15) is 0 Å². The van der Waals surface area contributed by atoms with Gasteiger partial charge in [0.15, 0.2) is 0 Å². The van der Waals surface area contributed by atoms with Crippen molar-refractivity contribution in [3.05, 3.63) is 11.6 Å². The van der Waals surface area contributed by atoms with Crippen molar-refractivity contribution in [2.45, 2.75) is 45.1 Å². The first-order valence-corrected chi connectivity index (χ1v) is 6.42. The Morgan fingerprint density at radius 1 is 1.53 bits per heavy atom. The first-order valence-electron chi connectivity index (χ1n) is 6.42. The summed E-state index contributed by atoms with van der Waals surface area (Å²) in [6, 6.07) is 0.595. The molecule has 2 nitrogen and oxygen atoms in total. The van der Waals surface area contributed by atoms with Crippen LogP contribution in [-0.2, 0) is 4.74 Å². The summed E-state index contributed by atoms with van der Waals surface area (Å²) in [6.07, 6.45) is 9.04. The van der Waals surface area contributed by atoms with Gasteiger partial charge < -0.3 is 10.1 Å². The van der Waals surface area contributed by atoms with Gasteiger partial charge in [-0.2, -0.15) is 0 Å². The highest BCUT2D eigenvalue weighted by Gasteiger charge is 2.27. The summed E-state index contributed by atoms with van der Waals surface area (Å²) in [5, 5.41) is 3.65. The maximum absolute atomic E-state index is 5.51. The maximum Gasteiger partial charge on any atom is 0.0513 e. The van der Waals surface area contributed by atoms with Crippen LogP contribution in [-0.4, -0.2) is 25.8 Å². The first-order chi connectivity index (χ1) is 7.42. The van der Waals surface area contributed by atoms with Crippen molar-refractivity contribution >= 4 is 0 Å². The van der Waals surface area contributed by atoms with E-state index in [-0.39, 0.29) is 0 Å². The van der Waals surface area contributed by atoms with E-state index in [2.05, 4.69) is 18.3 Å². The van der Waals surface area contributed by atoms with Crippen molar-refractivity contribution in [3.8, 4) is 0 Å². The Labute approximate surface area is 93.1 Å². The van der Waals surface area contributed by atoms with Crippen LogP contribution in [0.5, 0.6) is 0 Å². The van der Waals surface area contributed by atoms with Crippen molar-refractivity contribution in [2.24, 2.45) is 5.92 Å². The molecule has 0 aromatic carbocycles. The third-order valence-corrected chi connectivity index (χ3v) is 3.59. The quantitative estimate of drug-likeness (QED) is 0.718. The van der Waals surface area contributed by atoms with E-state index in [1.807, 2.05) is 0 Å². The number of hydrogen-bond acceptors (Lipinski definition) is 2. The van der Waals surface area contributed by atoms with E-state index in [0.717, 1.165) is 19.8 Å². The minimum absolute atomic E-state index is 0.595. The Balaban J connectivity index is 2.00. The summed E-state index contributed by atoms with van der Waals surface area (Å²) in [5.74, 6) is 0.717. The molecule has 0 saturated carbocycles. The fourth-order valence-corrected chi connectivity index (χ4v) is 2.78. The smallest absolute Gasteiger partial charge is 0.0513 e. The zero-order chi connectivity index (χ0) is 10.5. The fraction of sp³-hybridized carbons (Fsp3) is 0.846. The van der Waals surface area contributed by atoms with Gasteiger partial charge in [0.05, 0.1) is 6.61 Å². The molecule has 1 aliphatic carbocycles. The molecule has 0 amide bonds. The molecule has 1 saturated heterocycles. The molecule has 0 spiro atoms. The molecule has 1 aliphatic heterocycles. The van der Waals surface area contributed by atoms with Crippen LogP contribution in [0.2, 0.25) is 0 Å². The Morgan fingerprint density at radius 3 is 3.07 bits per heavy atom. The molecule has 2 unspecified atom stereocenters. The van der Waals surface area contributed by atoms with Crippen LogP contribution in [0.25, 0.3) is 0 Å². The molecule has 0 bridgehead atoms. The predicted molar refractivity (Wildman–Crippen MR) is 62.9 cm³/mol. The molecule has 1 fully saturated rings. The number of ether oxygens (including phenoxy) is 1. The first kappa shape index (κ1) is 11.2. The van der Waals surface area contributed by atoms with Gasteiger partial charge in [-0.15, -0.1) is 0 Å². The number of hydrogen-bond donors (Lipinski definition) is 1. The molecular formula is C13H23NO. The lowest BCUT2D eigenvalue weighted by atomic mass is 9.86. The lowest BCUT2D eigenvalue weighted by Gasteiger charge is -2.28. The van der Waals surface area contributed by atoms with Gasteiger partial charge in [-0.05, 0) is 38.6 Å². The average molecular weight is 209 g/mol. The highest BCUT2D eigenvalue weighted by atomic mass is 16.5. The minimum atomic E-state index is 0.595. The van der Waals surface area contributed by atoms with Crippen molar-refractivity contribution in [3.63, 3.8) is 0 Å². The highest BCUT2D eigenvalue weighted by molar-refractivity contribution is 5.15. The van der Waals surface area contributed by atoms with Gasteiger partial charge in [0.1, 0.15) is 0 Å². The van der Waals surface area contributed by atoms with Crippen LogP contribution in [0.3, 0.4) is 0 Å². The summed E-state index contributed by atoms with van der Waals surface area (Å²) in [4.78, 5) is 0. The van der Waals surface area contributed by atoms with Gasteiger partial charge in [0, 0.05) is 18.6 Å². The standard InChI is InChI=1S/C13H23NO/c1-2-14-13(12-8-9-15-10-12)11-6-4-3-5-7-11/h6,12-14H,2-5,7-10H2,1H3. The normalized spacial score (nSPS) is 28.9. The van der Waals surface area contributed by atoms with Crippen molar-refractivity contribution in [1.82, 2.24) is 5.32 Å².